The molecule has 0 saturated heterocycles. The number of rotatable bonds is 2. The summed E-state index contributed by atoms with van der Waals surface area (Å²) in [5.74, 6) is -1.01. The van der Waals surface area contributed by atoms with Gasteiger partial charge >= 0.3 is 0 Å². The van der Waals surface area contributed by atoms with Gasteiger partial charge in [-0.2, -0.15) is 0 Å². The molecule has 0 spiro atoms. The van der Waals surface area contributed by atoms with E-state index in [0.29, 0.717) is 5.69 Å². The summed E-state index contributed by atoms with van der Waals surface area (Å²) in [5, 5.41) is 2.78. The van der Waals surface area contributed by atoms with E-state index in [-0.39, 0.29) is 17.0 Å². The van der Waals surface area contributed by atoms with E-state index in [9.17, 15) is 9.18 Å². The number of nitrogen functional groups attached to an aromatic ring is 1. The third kappa shape index (κ3) is 3.44. The SMILES string of the molecule is CC(NC(=O)c1ccc(N)cc1F)C(C)(C)C. The van der Waals surface area contributed by atoms with Gasteiger partial charge in [0.05, 0.1) is 5.56 Å². The minimum absolute atomic E-state index is 0.0234. The number of benzene rings is 1. The lowest BCUT2D eigenvalue weighted by Gasteiger charge is -2.28. The topological polar surface area (TPSA) is 55.1 Å². The number of nitrogens with two attached hydrogens (primary N) is 1. The molecule has 94 valence electrons. The number of nitrogens with one attached hydrogen (secondary N) is 1. The number of halogens is 1. The minimum Gasteiger partial charge on any atom is -0.399 e. The Labute approximate surface area is 101 Å². The highest BCUT2D eigenvalue weighted by molar-refractivity contribution is 5.95. The van der Waals surface area contributed by atoms with E-state index in [2.05, 4.69) is 5.32 Å². The van der Waals surface area contributed by atoms with Crippen LogP contribution in [0.3, 0.4) is 0 Å². The maximum Gasteiger partial charge on any atom is 0.254 e. The zero-order valence-corrected chi connectivity index (χ0v) is 10.7. The molecule has 0 radical (unpaired) electrons. The zero-order valence-electron chi connectivity index (χ0n) is 10.7. The summed E-state index contributed by atoms with van der Waals surface area (Å²) in [4.78, 5) is 11.8. The average Bonchev–Trinajstić information content (AvgIpc) is 2.15. The quantitative estimate of drug-likeness (QED) is 0.778. The highest BCUT2D eigenvalue weighted by atomic mass is 19.1. The van der Waals surface area contributed by atoms with E-state index < -0.39 is 11.7 Å². The molecule has 3 N–H and O–H groups in total. The smallest absolute Gasteiger partial charge is 0.254 e. The van der Waals surface area contributed by atoms with Crippen LogP contribution in [0.4, 0.5) is 10.1 Å². The van der Waals surface area contributed by atoms with E-state index in [4.69, 9.17) is 5.73 Å². The molecule has 3 nitrogen and oxygen atoms in total. The Hall–Kier alpha value is -1.58. The van der Waals surface area contributed by atoms with Crippen LogP contribution in [-0.2, 0) is 0 Å². The molecule has 1 aromatic carbocycles. The largest absolute Gasteiger partial charge is 0.399 e. The van der Waals surface area contributed by atoms with Crippen LogP contribution in [0.1, 0.15) is 38.1 Å². The Balaban J connectivity index is 2.84. The second kappa shape index (κ2) is 4.73. The maximum absolute atomic E-state index is 13.5. The maximum atomic E-state index is 13.5. The molecular weight excluding hydrogens is 219 g/mol. The lowest BCUT2D eigenvalue weighted by atomic mass is 9.88. The molecule has 0 saturated carbocycles. The Morgan fingerprint density at radius 2 is 2.00 bits per heavy atom. The Bertz CT molecular complexity index is 424. The molecule has 0 heterocycles. The molecule has 0 fully saturated rings. The Kier molecular flexibility index (Phi) is 3.76. The van der Waals surface area contributed by atoms with Crippen LogP contribution < -0.4 is 11.1 Å². The van der Waals surface area contributed by atoms with Crippen molar-refractivity contribution >= 4 is 11.6 Å². The third-order valence-corrected chi connectivity index (χ3v) is 2.88. The summed E-state index contributed by atoms with van der Waals surface area (Å²) in [5.41, 5.74) is 5.69. The van der Waals surface area contributed by atoms with E-state index in [1.807, 2.05) is 27.7 Å². The standard InChI is InChI=1S/C13H19FN2O/c1-8(13(2,3)4)16-12(17)10-6-5-9(15)7-11(10)14/h5-8H,15H2,1-4H3,(H,16,17). The molecule has 0 bridgehead atoms. The predicted molar refractivity (Wildman–Crippen MR) is 67.2 cm³/mol. The van der Waals surface area contributed by atoms with Gasteiger partial charge in [0.1, 0.15) is 5.82 Å². The summed E-state index contributed by atoms with van der Waals surface area (Å²) in [6.45, 7) is 7.93. The number of carbonyl (C=O) groups is 1. The molecule has 17 heavy (non-hydrogen) atoms. The highest BCUT2D eigenvalue weighted by Gasteiger charge is 2.23. The molecule has 0 aliphatic carbocycles. The molecule has 0 aliphatic rings. The number of carbonyl (C=O) groups excluding carboxylic acids is 1. The van der Waals surface area contributed by atoms with E-state index in [1.165, 1.54) is 12.1 Å². The van der Waals surface area contributed by atoms with Gasteiger partial charge in [-0.1, -0.05) is 20.8 Å². The van der Waals surface area contributed by atoms with Crippen LogP contribution in [0.15, 0.2) is 18.2 Å². The van der Waals surface area contributed by atoms with Gasteiger partial charge in [0.2, 0.25) is 0 Å². The van der Waals surface area contributed by atoms with Crippen molar-refractivity contribution in [1.82, 2.24) is 5.32 Å². The fourth-order valence-corrected chi connectivity index (χ4v) is 1.21. The first kappa shape index (κ1) is 13.5. The molecular formula is C13H19FN2O. The third-order valence-electron chi connectivity index (χ3n) is 2.88. The molecule has 1 unspecified atom stereocenters. The number of anilines is 1. The van der Waals surface area contributed by atoms with Crippen LogP contribution in [-0.4, -0.2) is 11.9 Å². The first-order valence-electron chi connectivity index (χ1n) is 5.57. The van der Waals surface area contributed by atoms with Crippen molar-refractivity contribution in [2.75, 3.05) is 5.73 Å². The Morgan fingerprint density at radius 3 is 2.47 bits per heavy atom. The predicted octanol–water partition coefficient (Wildman–Crippen LogP) is 2.57. The number of hydrogen-bond donors (Lipinski definition) is 2. The van der Waals surface area contributed by atoms with Crippen LogP contribution in [0.2, 0.25) is 0 Å². The summed E-state index contributed by atoms with van der Waals surface area (Å²) in [6.07, 6.45) is 0. The van der Waals surface area contributed by atoms with Crippen molar-refractivity contribution in [1.29, 1.82) is 0 Å². The van der Waals surface area contributed by atoms with Gasteiger partial charge < -0.3 is 11.1 Å². The summed E-state index contributed by atoms with van der Waals surface area (Å²) < 4.78 is 13.5. The minimum atomic E-state index is -0.594. The van der Waals surface area contributed by atoms with Gasteiger partial charge in [-0.25, -0.2) is 4.39 Å². The second-order valence-electron chi connectivity index (χ2n) is 5.30. The van der Waals surface area contributed by atoms with Gasteiger partial charge in [-0.15, -0.1) is 0 Å². The zero-order chi connectivity index (χ0) is 13.2. The molecule has 0 aromatic heterocycles. The summed E-state index contributed by atoms with van der Waals surface area (Å²) in [7, 11) is 0. The lowest BCUT2D eigenvalue weighted by molar-refractivity contribution is 0.0906. The van der Waals surface area contributed by atoms with E-state index in [1.54, 1.807) is 0 Å². The van der Waals surface area contributed by atoms with E-state index >= 15 is 0 Å². The normalized spacial score (nSPS) is 13.2. The second-order valence-corrected chi connectivity index (χ2v) is 5.30. The van der Waals surface area contributed by atoms with Crippen molar-refractivity contribution in [3.8, 4) is 0 Å². The molecule has 0 aliphatic heterocycles. The fraction of sp³-hybridized carbons (Fsp3) is 0.462. The van der Waals surface area contributed by atoms with Crippen molar-refractivity contribution in [3.63, 3.8) is 0 Å². The van der Waals surface area contributed by atoms with Crippen molar-refractivity contribution in [3.05, 3.63) is 29.6 Å². The highest BCUT2D eigenvalue weighted by Crippen LogP contribution is 2.19. The number of hydrogen-bond acceptors (Lipinski definition) is 2. The average molecular weight is 238 g/mol. The monoisotopic (exact) mass is 238 g/mol. The van der Waals surface area contributed by atoms with Gasteiger partial charge in [-0.05, 0) is 30.5 Å². The van der Waals surface area contributed by atoms with Gasteiger partial charge in [0, 0.05) is 11.7 Å². The first-order valence-corrected chi connectivity index (χ1v) is 5.57. The molecule has 4 heteroatoms. The molecule has 1 rings (SSSR count). The molecule has 1 amide bonds. The van der Waals surface area contributed by atoms with Gasteiger partial charge in [0.15, 0.2) is 0 Å². The molecule has 1 atom stereocenters. The Morgan fingerprint density at radius 1 is 1.41 bits per heavy atom. The van der Waals surface area contributed by atoms with Crippen LogP contribution in [0.25, 0.3) is 0 Å². The first-order chi connectivity index (χ1) is 7.71. The fourth-order valence-electron chi connectivity index (χ4n) is 1.21. The van der Waals surface area contributed by atoms with Crippen molar-refractivity contribution in [2.45, 2.75) is 33.7 Å². The van der Waals surface area contributed by atoms with Crippen molar-refractivity contribution < 1.29 is 9.18 Å². The van der Waals surface area contributed by atoms with Crippen LogP contribution in [0.5, 0.6) is 0 Å². The van der Waals surface area contributed by atoms with Crippen LogP contribution in [0, 0.1) is 11.2 Å². The van der Waals surface area contributed by atoms with Crippen molar-refractivity contribution in [2.24, 2.45) is 5.41 Å². The molecule has 1 aromatic rings. The summed E-state index contributed by atoms with van der Waals surface area (Å²) in [6, 6.07) is 4.01. The number of amides is 1. The van der Waals surface area contributed by atoms with Crippen LogP contribution >= 0.6 is 0 Å². The lowest BCUT2D eigenvalue weighted by Crippen LogP contribution is -2.41. The van der Waals surface area contributed by atoms with Gasteiger partial charge in [0.25, 0.3) is 5.91 Å². The summed E-state index contributed by atoms with van der Waals surface area (Å²) >= 11 is 0. The van der Waals surface area contributed by atoms with Gasteiger partial charge in [-0.3, -0.25) is 4.79 Å². The van der Waals surface area contributed by atoms with E-state index in [0.717, 1.165) is 6.07 Å².